The molecule has 6 heteroatoms. The van der Waals surface area contributed by atoms with Gasteiger partial charge in [-0.15, -0.1) is 0 Å². The summed E-state index contributed by atoms with van der Waals surface area (Å²) in [7, 11) is 0. The highest BCUT2D eigenvalue weighted by Crippen LogP contribution is 2.53. The molecule has 0 aromatic heterocycles. The lowest BCUT2D eigenvalue weighted by Crippen LogP contribution is -2.34. The Morgan fingerprint density at radius 3 is 2.64 bits per heavy atom. The first kappa shape index (κ1) is 16.5. The molecule has 0 radical (unpaired) electrons. The molecule has 2 aliphatic heterocycles. The fourth-order valence-electron chi connectivity index (χ4n) is 4.37. The van der Waals surface area contributed by atoms with Crippen LogP contribution in [0.5, 0.6) is 0 Å². The third-order valence-electron chi connectivity index (χ3n) is 6.03. The Morgan fingerprint density at radius 2 is 2.00 bits per heavy atom. The van der Waals surface area contributed by atoms with E-state index in [0.717, 1.165) is 5.57 Å². The summed E-state index contributed by atoms with van der Waals surface area (Å²) in [5.74, 6) is -1.64. The van der Waals surface area contributed by atoms with Crippen LogP contribution in [0.1, 0.15) is 19.8 Å². The van der Waals surface area contributed by atoms with Crippen molar-refractivity contribution in [1.29, 1.82) is 0 Å². The van der Waals surface area contributed by atoms with Crippen molar-refractivity contribution in [3.8, 4) is 0 Å². The molecule has 6 nitrogen and oxygen atoms in total. The number of hydrogen-bond donors (Lipinski definition) is 1. The van der Waals surface area contributed by atoms with Crippen molar-refractivity contribution in [1.82, 2.24) is 0 Å². The molecular weight excluding hydrogens is 324 g/mol. The summed E-state index contributed by atoms with van der Waals surface area (Å²) in [6, 6.07) is 0. The van der Waals surface area contributed by atoms with Crippen LogP contribution >= 0.6 is 0 Å². The zero-order chi connectivity index (χ0) is 18.1. The van der Waals surface area contributed by atoms with Crippen molar-refractivity contribution in [2.45, 2.75) is 43.7 Å². The van der Waals surface area contributed by atoms with Gasteiger partial charge in [0.2, 0.25) is 0 Å². The number of hydrogen-bond acceptors (Lipinski definition) is 6. The summed E-state index contributed by atoms with van der Waals surface area (Å²) in [4.78, 5) is 24.2. The van der Waals surface area contributed by atoms with Crippen molar-refractivity contribution in [2.24, 2.45) is 17.8 Å². The molecule has 2 aliphatic carbocycles. The Kier molecular flexibility index (Phi) is 3.50. The SMILES string of the molecule is C=C1CC(O)C2C(=C)C(=O)OC2C2C(=C)C(OC(=O)C3(C)CO3)CC12. The van der Waals surface area contributed by atoms with Crippen LogP contribution in [0.3, 0.4) is 0 Å². The average molecular weight is 346 g/mol. The topological polar surface area (TPSA) is 85.4 Å². The molecule has 7 atom stereocenters. The highest BCUT2D eigenvalue weighted by atomic mass is 16.6. The minimum atomic E-state index is -0.852. The van der Waals surface area contributed by atoms with E-state index >= 15 is 0 Å². The van der Waals surface area contributed by atoms with Crippen LogP contribution in [0.15, 0.2) is 36.5 Å². The van der Waals surface area contributed by atoms with Gasteiger partial charge in [-0.05, 0) is 31.3 Å². The van der Waals surface area contributed by atoms with Crippen LogP contribution in [0.25, 0.3) is 0 Å². The normalized spacial score (nSPS) is 45.5. The van der Waals surface area contributed by atoms with E-state index in [1.54, 1.807) is 6.92 Å². The Morgan fingerprint density at radius 1 is 1.32 bits per heavy atom. The van der Waals surface area contributed by atoms with Gasteiger partial charge in [0.25, 0.3) is 0 Å². The van der Waals surface area contributed by atoms with Gasteiger partial charge in [0.05, 0.1) is 18.6 Å². The predicted molar refractivity (Wildman–Crippen MR) is 87.2 cm³/mol. The molecular formula is C19H22O6. The average Bonchev–Trinajstić information content (AvgIpc) is 3.15. The second-order valence-electron chi connectivity index (χ2n) is 7.71. The maximum atomic E-state index is 12.2. The predicted octanol–water partition coefficient (Wildman–Crippen LogP) is 1.30. The molecule has 0 aromatic rings. The molecule has 1 N–H and O–H groups in total. The molecule has 4 fully saturated rings. The zero-order valence-corrected chi connectivity index (χ0v) is 14.2. The number of epoxide rings is 1. The van der Waals surface area contributed by atoms with Crippen molar-refractivity contribution < 1.29 is 28.9 Å². The Bertz CT molecular complexity index is 703. The number of carbonyl (C=O) groups is 2. The van der Waals surface area contributed by atoms with Crippen molar-refractivity contribution in [3.05, 3.63) is 36.5 Å². The Hall–Kier alpha value is -1.92. The van der Waals surface area contributed by atoms with Crippen LogP contribution in [0.2, 0.25) is 0 Å². The summed E-state index contributed by atoms with van der Waals surface area (Å²) >= 11 is 0. The van der Waals surface area contributed by atoms with E-state index < -0.39 is 41.8 Å². The first-order valence-corrected chi connectivity index (χ1v) is 8.52. The monoisotopic (exact) mass is 346 g/mol. The lowest BCUT2D eigenvalue weighted by molar-refractivity contribution is -0.153. The number of aliphatic hydroxyl groups is 1. The van der Waals surface area contributed by atoms with Gasteiger partial charge < -0.3 is 19.3 Å². The third kappa shape index (κ3) is 2.39. The van der Waals surface area contributed by atoms with Gasteiger partial charge >= 0.3 is 11.9 Å². The second-order valence-corrected chi connectivity index (χ2v) is 7.71. The maximum Gasteiger partial charge on any atom is 0.341 e. The highest BCUT2D eigenvalue weighted by molar-refractivity contribution is 5.91. The summed E-state index contributed by atoms with van der Waals surface area (Å²) in [5.41, 5.74) is 1.01. The van der Waals surface area contributed by atoms with Gasteiger partial charge in [-0.3, -0.25) is 0 Å². The molecule has 0 spiro atoms. The highest BCUT2D eigenvalue weighted by Gasteiger charge is 2.57. The van der Waals surface area contributed by atoms with Crippen molar-refractivity contribution in [3.63, 3.8) is 0 Å². The summed E-state index contributed by atoms with van der Waals surface area (Å²) in [6.07, 6.45) is -0.863. The van der Waals surface area contributed by atoms with Crippen LogP contribution < -0.4 is 0 Å². The second kappa shape index (κ2) is 5.29. The van der Waals surface area contributed by atoms with Crippen molar-refractivity contribution in [2.75, 3.05) is 6.61 Å². The largest absolute Gasteiger partial charge is 0.458 e. The molecule has 0 amide bonds. The number of esters is 2. The minimum Gasteiger partial charge on any atom is -0.458 e. The lowest BCUT2D eigenvalue weighted by Gasteiger charge is -2.27. The summed E-state index contributed by atoms with van der Waals surface area (Å²) in [5, 5.41) is 10.5. The van der Waals surface area contributed by atoms with Crippen molar-refractivity contribution >= 4 is 11.9 Å². The number of fused-ring (bicyclic) bond motifs is 3. The smallest absolute Gasteiger partial charge is 0.341 e. The molecule has 4 aliphatic rings. The molecule has 2 saturated heterocycles. The summed E-state index contributed by atoms with van der Waals surface area (Å²) < 4.78 is 16.3. The first-order chi connectivity index (χ1) is 11.7. The minimum absolute atomic E-state index is 0.0541. The molecule has 4 rings (SSSR count). The standard InChI is InChI=1S/C19H22O6/c1-8-5-12(20)15-10(3)17(21)25-16(15)14-9(2)13(6-11(8)14)24-18(22)19(4)7-23-19/h11-16,20H,1-3,5-7H2,4H3. The van der Waals surface area contributed by atoms with Gasteiger partial charge in [-0.25, -0.2) is 9.59 Å². The van der Waals surface area contributed by atoms with Crippen LogP contribution in [0, 0.1) is 17.8 Å². The van der Waals surface area contributed by atoms with E-state index in [1.807, 2.05) is 0 Å². The van der Waals surface area contributed by atoms with E-state index in [-0.39, 0.29) is 17.4 Å². The van der Waals surface area contributed by atoms with Gasteiger partial charge in [-0.2, -0.15) is 0 Å². The van der Waals surface area contributed by atoms with E-state index in [1.165, 1.54) is 0 Å². The molecule has 0 aromatic carbocycles. The van der Waals surface area contributed by atoms with E-state index in [2.05, 4.69) is 19.7 Å². The quantitative estimate of drug-likeness (QED) is 0.351. The molecule has 0 bridgehead atoms. The molecule has 7 unspecified atom stereocenters. The third-order valence-corrected chi connectivity index (χ3v) is 6.03. The first-order valence-electron chi connectivity index (χ1n) is 8.52. The molecule has 2 saturated carbocycles. The lowest BCUT2D eigenvalue weighted by atomic mass is 9.81. The van der Waals surface area contributed by atoms with Gasteiger partial charge in [0.1, 0.15) is 12.2 Å². The fourth-order valence-corrected chi connectivity index (χ4v) is 4.37. The van der Waals surface area contributed by atoms with Crippen LogP contribution in [-0.4, -0.2) is 47.6 Å². The maximum absolute atomic E-state index is 12.2. The van der Waals surface area contributed by atoms with Crippen LogP contribution in [-0.2, 0) is 23.8 Å². The van der Waals surface area contributed by atoms with Gasteiger partial charge in [0, 0.05) is 11.5 Å². The van der Waals surface area contributed by atoms with Gasteiger partial charge in [0.15, 0.2) is 5.60 Å². The number of aliphatic hydroxyl groups excluding tert-OH is 1. The molecule has 25 heavy (non-hydrogen) atoms. The number of rotatable bonds is 2. The Labute approximate surface area is 146 Å². The van der Waals surface area contributed by atoms with Crippen LogP contribution in [0.4, 0.5) is 0 Å². The fraction of sp³-hybridized carbons (Fsp3) is 0.579. The van der Waals surface area contributed by atoms with E-state index in [4.69, 9.17) is 14.2 Å². The van der Waals surface area contributed by atoms with Gasteiger partial charge in [-0.1, -0.05) is 25.3 Å². The molecule has 2 heterocycles. The zero-order valence-electron chi connectivity index (χ0n) is 14.2. The molecule has 134 valence electrons. The number of carbonyl (C=O) groups excluding carboxylic acids is 2. The van der Waals surface area contributed by atoms with E-state index in [0.29, 0.717) is 25.0 Å². The Balaban J connectivity index is 1.61. The number of ether oxygens (including phenoxy) is 3. The van der Waals surface area contributed by atoms with E-state index in [9.17, 15) is 14.7 Å². The summed E-state index contributed by atoms with van der Waals surface area (Å²) in [6.45, 7) is 14.1.